The minimum atomic E-state index is -0.861. The molecule has 0 spiro atoms. The molecule has 0 atom stereocenters. The SMILES string of the molecule is Cc1ccc(OCCC(=O)NC(C)(C)CCC(=O)O)c(C)c1. The summed E-state index contributed by atoms with van der Waals surface area (Å²) in [5.41, 5.74) is 1.68. The van der Waals surface area contributed by atoms with Crippen LogP contribution < -0.4 is 10.1 Å². The van der Waals surface area contributed by atoms with Gasteiger partial charge in [-0.3, -0.25) is 9.59 Å². The Kier molecular flexibility index (Phi) is 6.40. The van der Waals surface area contributed by atoms with E-state index in [1.54, 1.807) is 0 Å². The van der Waals surface area contributed by atoms with Crippen LogP contribution >= 0.6 is 0 Å². The number of hydrogen-bond donors (Lipinski definition) is 2. The molecule has 0 bridgehead atoms. The summed E-state index contributed by atoms with van der Waals surface area (Å²) in [5.74, 6) is -0.218. The molecule has 1 aromatic rings. The van der Waals surface area contributed by atoms with E-state index in [9.17, 15) is 9.59 Å². The van der Waals surface area contributed by atoms with Gasteiger partial charge in [-0.15, -0.1) is 0 Å². The van der Waals surface area contributed by atoms with Gasteiger partial charge in [-0.2, -0.15) is 0 Å². The van der Waals surface area contributed by atoms with E-state index in [2.05, 4.69) is 5.32 Å². The molecule has 122 valence electrons. The second-order valence-electron chi connectivity index (χ2n) is 6.19. The lowest BCUT2D eigenvalue weighted by molar-refractivity contribution is -0.137. The number of carboxylic acids is 1. The van der Waals surface area contributed by atoms with Crippen molar-refractivity contribution in [3.8, 4) is 5.75 Å². The Morgan fingerprint density at radius 2 is 1.91 bits per heavy atom. The molecule has 5 nitrogen and oxygen atoms in total. The van der Waals surface area contributed by atoms with Crippen LogP contribution in [0.4, 0.5) is 0 Å². The summed E-state index contributed by atoms with van der Waals surface area (Å²) < 4.78 is 5.62. The quantitative estimate of drug-likeness (QED) is 0.774. The zero-order chi connectivity index (χ0) is 16.8. The highest BCUT2D eigenvalue weighted by Crippen LogP contribution is 2.19. The van der Waals surface area contributed by atoms with E-state index in [0.29, 0.717) is 13.0 Å². The average Bonchev–Trinajstić information content (AvgIpc) is 2.38. The van der Waals surface area contributed by atoms with E-state index in [0.717, 1.165) is 11.3 Å². The number of amides is 1. The average molecular weight is 307 g/mol. The van der Waals surface area contributed by atoms with Gasteiger partial charge in [0.1, 0.15) is 5.75 Å². The van der Waals surface area contributed by atoms with Gasteiger partial charge in [0, 0.05) is 12.0 Å². The lowest BCUT2D eigenvalue weighted by Gasteiger charge is -2.25. The van der Waals surface area contributed by atoms with E-state index >= 15 is 0 Å². The first-order valence-electron chi connectivity index (χ1n) is 7.42. The maximum Gasteiger partial charge on any atom is 0.303 e. The summed E-state index contributed by atoms with van der Waals surface area (Å²) in [6.45, 7) is 7.92. The summed E-state index contributed by atoms with van der Waals surface area (Å²) >= 11 is 0. The van der Waals surface area contributed by atoms with Crippen LogP contribution in [0.1, 0.15) is 44.2 Å². The van der Waals surface area contributed by atoms with Crippen molar-refractivity contribution >= 4 is 11.9 Å². The predicted octanol–water partition coefficient (Wildman–Crippen LogP) is 2.83. The normalized spacial score (nSPS) is 11.1. The van der Waals surface area contributed by atoms with Crippen LogP contribution in [0.25, 0.3) is 0 Å². The van der Waals surface area contributed by atoms with E-state index in [4.69, 9.17) is 9.84 Å². The molecular weight excluding hydrogens is 282 g/mol. The molecule has 0 radical (unpaired) electrons. The third-order valence-corrected chi connectivity index (χ3v) is 3.36. The fourth-order valence-electron chi connectivity index (χ4n) is 2.14. The minimum Gasteiger partial charge on any atom is -0.493 e. The summed E-state index contributed by atoms with van der Waals surface area (Å²) in [6, 6.07) is 5.90. The first-order valence-corrected chi connectivity index (χ1v) is 7.42. The highest BCUT2D eigenvalue weighted by molar-refractivity contribution is 5.77. The van der Waals surface area contributed by atoms with E-state index in [-0.39, 0.29) is 18.7 Å². The zero-order valence-corrected chi connectivity index (χ0v) is 13.7. The number of benzene rings is 1. The van der Waals surface area contributed by atoms with E-state index in [1.165, 1.54) is 5.56 Å². The fraction of sp³-hybridized carbons (Fsp3) is 0.529. The number of carbonyl (C=O) groups excluding carboxylic acids is 1. The standard InChI is InChI=1S/C17H25NO4/c1-12-5-6-14(13(2)11-12)22-10-8-15(19)18-17(3,4)9-7-16(20)21/h5-6,11H,7-10H2,1-4H3,(H,18,19)(H,20,21). The van der Waals surface area contributed by atoms with Crippen molar-refractivity contribution in [1.29, 1.82) is 0 Å². The van der Waals surface area contributed by atoms with Crippen LogP contribution in [0.3, 0.4) is 0 Å². The molecule has 0 unspecified atom stereocenters. The molecule has 2 N–H and O–H groups in total. The molecule has 1 aromatic carbocycles. The first kappa shape index (κ1) is 18.0. The van der Waals surface area contributed by atoms with Gasteiger partial charge in [0.05, 0.1) is 13.0 Å². The summed E-state index contributed by atoms with van der Waals surface area (Å²) in [7, 11) is 0. The van der Waals surface area contributed by atoms with Crippen LogP contribution in [-0.4, -0.2) is 29.1 Å². The van der Waals surface area contributed by atoms with Crippen molar-refractivity contribution in [2.24, 2.45) is 0 Å². The molecule has 0 aliphatic rings. The smallest absolute Gasteiger partial charge is 0.303 e. The van der Waals surface area contributed by atoms with Crippen molar-refractivity contribution < 1.29 is 19.4 Å². The van der Waals surface area contributed by atoms with Crippen molar-refractivity contribution in [2.75, 3.05) is 6.61 Å². The summed E-state index contributed by atoms with van der Waals surface area (Å²) in [6.07, 6.45) is 0.669. The van der Waals surface area contributed by atoms with Crippen molar-refractivity contribution in [2.45, 2.75) is 52.5 Å². The van der Waals surface area contributed by atoms with Gasteiger partial charge >= 0.3 is 5.97 Å². The molecular formula is C17H25NO4. The molecule has 22 heavy (non-hydrogen) atoms. The Morgan fingerprint density at radius 3 is 2.50 bits per heavy atom. The first-order chi connectivity index (χ1) is 10.2. The van der Waals surface area contributed by atoms with Crippen LogP contribution in [0.5, 0.6) is 5.75 Å². The van der Waals surface area contributed by atoms with Crippen molar-refractivity contribution in [3.05, 3.63) is 29.3 Å². The van der Waals surface area contributed by atoms with Gasteiger partial charge in [-0.1, -0.05) is 17.7 Å². The van der Waals surface area contributed by atoms with Crippen LogP contribution in [0, 0.1) is 13.8 Å². The molecule has 1 rings (SSSR count). The molecule has 0 aliphatic heterocycles. The number of carboxylic acid groups (broad SMARTS) is 1. The van der Waals surface area contributed by atoms with Crippen molar-refractivity contribution in [3.63, 3.8) is 0 Å². The number of aryl methyl sites for hydroxylation is 2. The molecule has 0 saturated carbocycles. The minimum absolute atomic E-state index is 0.0341. The summed E-state index contributed by atoms with van der Waals surface area (Å²) in [5, 5.41) is 11.5. The highest BCUT2D eigenvalue weighted by atomic mass is 16.5. The summed E-state index contributed by atoms with van der Waals surface area (Å²) in [4.78, 5) is 22.5. The second-order valence-corrected chi connectivity index (χ2v) is 6.19. The molecule has 0 fully saturated rings. The number of aliphatic carboxylic acids is 1. The number of ether oxygens (including phenoxy) is 1. The topological polar surface area (TPSA) is 75.6 Å². The number of nitrogens with one attached hydrogen (secondary N) is 1. The van der Waals surface area contributed by atoms with Gasteiger partial charge in [-0.05, 0) is 45.7 Å². The molecule has 1 amide bonds. The van der Waals surface area contributed by atoms with Gasteiger partial charge in [0.15, 0.2) is 0 Å². The Balaban J connectivity index is 2.38. The predicted molar refractivity (Wildman–Crippen MR) is 85.1 cm³/mol. The van der Waals surface area contributed by atoms with Crippen LogP contribution in [-0.2, 0) is 9.59 Å². The molecule has 5 heteroatoms. The largest absolute Gasteiger partial charge is 0.493 e. The van der Waals surface area contributed by atoms with Gasteiger partial charge < -0.3 is 15.2 Å². The maximum absolute atomic E-state index is 11.9. The maximum atomic E-state index is 11.9. The Morgan fingerprint density at radius 1 is 1.23 bits per heavy atom. The van der Waals surface area contributed by atoms with Gasteiger partial charge in [0.25, 0.3) is 0 Å². The van der Waals surface area contributed by atoms with E-state index in [1.807, 2.05) is 45.9 Å². The monoisotopic (exact) mass is 307 g/mol. The number of rotatable bonds is 8. The third-order valence-electron chi connectivity index (χ3n) is 3.36. The molecule has 0 saturated heterocycles. The number of carbonyl (C=O) groups is 2. The van der Waals surface area contributed by atoms with Gasteiger partial charge in [0.2, 0.25) is 5.91 Å². The van der Waals surface area contributed by atoms with Crippen LogP contribution in [0.2, 0.25) is 0 Å². The zero-order valence-electron chi connectivity index (χ0n) is 13.7. The lowest BCUT2D eigenvalue weighted by atomic mass is 9.98. The van der Waals surface area contributed by atoms with Crippen molar-refractivity contribution in [1.82, 2.24) is 5.32 Å². The molecule has 0 aliphatic carbocycles. The van der Waals surface area contributed by atoms with Gasteiger partial charge in [-0.25, -0.2) is 0 Å². The molecule has 0 heterocycles. The third kappa shape index (κ3) is 6.61. The Hall–Kier alpha value is -2.04. The molecule has 0 aromatic heterocycles. The number of hydrogen-bond acceptors (Lipinski definition) is 3. The van der Waals surface area contributed by atoms with E-state index < -0.39 is 11.5 Å². The highest BCUT2D eigenvalue weighted by Gasteiger charge is 2.21. The fourth-order valence-corrected chi connectivity index (χ4v) is 2.14. The lowest BCUT2D eigenvalue weighted by Crippen LogP contribution is -2.44. The Labute approximate surface area is 131 Å². The second kappa shape index (κ2) is 7.82. The van der Waals surface area contributed by atoms with Crippen LogP contribution in [0.15, 0.2) is 18.2 Å². The Bertz CT molecular complexity index is 537.